The zero-order chi connectivity index (χ0) is 10.1. The summed E-state index contributed by atoms with van der Waals surface area (Å²) in [6.45, 7) is 0. The molecule has 1 aromatic rings. The van der Waals surface area contributed by atoms with Crippen LogP contribution in [0.5, 0.6) is 5.75 Å². The summed E-state index contributed by atoms with van der Waals surface area (Å²) in [5, 5.41) is 8.63. The van der Waals surface area contributed by atoms with E-state index in [4.69, 9.17) is 5.11 Å². The second kappa shape index (κ2) is 7.80. The summed E-state index contributed by atoms with van der Waals surface area (Å²) in [5.41, 5.74) is 0. The molecule has 0 saturated carbocycles. The zero-order valence-corrected chi connectivity index (χ0v) is 8.56. The summed E-state index contributed by atoms with van der Waals surface area (Å²) in [6.07, 6.45) is 0. The highest BCUT2D eigenvalue weighted by atomic mass is 31.1. The summed E-state index contributed by atoms with van der Waals surface area (Å²) in [6, 6.07) is 8.71. The first kappa shape index (κ1) is 12.2. The molecule has 0 fully saturated rings. The molecule has 0 aromatic heterocycles. The summed E-state index contributed by atoms with van der Waals surface area (Å²) < 4.78 is 18.4. The summed E-state index contributed by atoms with van der Waals surface area (Å²) in [7, 11) is 0.558. The van der Waals surface area contributed by atoms with Gasteiger partial charge in [0, 0.05) is 14.2 Å². The van der Waals surface area contributed by atoms with Crippen LogP contribution in [0.1, 0.15) is 0 Å². The van der Waals surface area contributed by atoms with Crippen molar-refractivity contribution in [2.45, 2.75) is 0 Å². The van der Waals surface area contributed by atoms with Gasteiger partial charge in [-0.3, -0.25) is 4.57 Å². The van der Waals surface area contributed by atoms with Crippen LogP contribution >= 0.6 is 8.25 Å². The molecule has 1 N–H and O–H groups in total. The molecule has 0 radical (unpaired) electrons. The molecule has 0 aliphatic carbocycles. The lowest BCUT2D eigenvalue weighted by atomic mass is 10.3. The highest BCUT2D eigenvalue weighted by Gasteiger charge is 1.83. The topological polar surface area (TPSA) is 55.8 Å². The Morgan fingerprint density at radius 3 is 1.77 bits per heavy atom. The van der Waals surface area contributed by atoms with Gasteiger partial charge in [0.2, 0.25) is 0 Å². The second-order valence-electron chi connectivity index (χ2n) is 1.99. The van der Waals surface area contributed by atoms with Crippen LogP contribution in [0.2, 0.25) is 0 Å². The Kier molecular flexibility index (Phi) is 7.30. The van der Waals surface area contributed by atoms with Gasteiger partial charge >= 0.3 is 8.25 Å². The van der Waals surface area contributed by atoms with Crippen molar-refractivity contribution < 1.29 is 18.7 Å². The largest absolute Gasteiger partial charge is 0.508 e. The van der Waals surface area contributed by atoms with Crippen LogP contribution in [-0.4, -0.2) is 19.3 Å². The molecule has 74 valence electrons. The van der Waals surface area contributed by atoms with Gasteiger partial charge in [-0.05, 0) is 12.1 Å². The van der Waals surface area contributed by atoms with Crippen molar-refractivity contribution >= 4 is 8.25 Å². The lowest BCUT2D eigenvalue weighted by Gasteiger charge is -1.89. The highest BCUT2D eigenvalue weighted by molar-refractivity contribution is 7.33. The molecule has 0 amide bonds. The van der Waals surface area contributed by atoms with Crippen LogP contribution < -0.4 is 0 Å². The predicted octanol–water partition coefficient (Wildman–Crippen LogP) is 2.06. The van der Waals surface area contributed by atoms with Crippen LogP contribution in [0.15, 0.2) is 30.3 Å². The number of para-hydroxylation sites is 1. The van der Waals surface area contributed by atoms with Crippen LogP contribution in [0.25, 0.3) is 0 Å². The number of aromatic hydroxyl groups is 1. The number of phenols is 1. The number of phenolic OH excluding ortho intramolecular Hbond substituents is 1. The van der Waals surface area contributed by atoms with Crippen molar-refractivity contribution in [3.05, 3.63) is 30.3 Å². The van der Waals surface area contributed by atoms with Crippen molar-refractivity contribution in [1.82, 2.24) is 0 Å². The van der Waals surface area contributed by atoms with Gasteiger partial charge in [0.05, 0.1) is 0 Å². The first-order chi connectivity index (χ1) is 6.20. The van der Waals surface area contributed by atoms with E-state index in [0.717, 1.165) is 0 Å². The maximum Gasteiger partial charge on any atom is 0.318 e. The predicted molar refractivity (Wildman–Crippen MR) is 51.1 cm³/mol. The third-order valence-electron chi connectivity index (χ3n) is 1.09. The van der Waals surface area contributed by atoms with Gasteiger partial charge in [-0.1, -0.05) is 18.2 Å². The van der Waals surface area contributed by atoms with E-state index in [1.54, 1.807) is 24.3 Å². The number of rotatable bonds is 2. The smallest absolute Gasteiger partial charge is 0.318 e. The van der Waals surface area contributed by atoms with E-state index in [9.17, 15) is 4.57 Å². The molecule has 13 heavy (non-hydrogen) atoms. The first-order valence-corrected chi connectivity index (χ1v) is 4.79. The minimum absolute atomic E-state index is 0.322. The monoisotopic (exact) mass is 204 g/mol. The van der Waals surface area contributed by atoms with Crippen molar-refractivity contribution in [2.75, 3.05) is 14.2 Å². The van der Waals surface area contributed by atoms with Crippen LogP contribution in [0, 0.1) is 0 Å². The summed E-state index contributed by atoms with van der Waals surface area (Å²) >= 11 is 0. The third-order valence-corrected chi connectivity index (χ3v) is 1.76. The Hall–Kier alpha value is -0.830. The molecule has 4 nitrogen and oxygen atoms in total. The van der Waals surface area contributed by atoms with Gasteiger partial charge in [0.25, 0.3) is 0 Å². The van der Waals surface area contributed by atoms with Gasteiger partial charge in [0.1, 0.15) is 5.75 Å². The van der Waals surface area contributed by atoms with Crippen molar-refractivity contribution in [3.63, 3.8) is 0 Å². The van der Waals surface area contributed by atoms with E-state index in [2.05, 4.69) is 9.05 Å². The Bertz CT molecular complexity index is 231. The van der Waals surface area contributed by atoms with E-state index >= 15 is 0 Å². The standard InChI is InChI=1S/C6H6O.C2H7O3P/c7-6-4-2-1-3-5-6;1-4-6(3)5-2/h1-5,7H;6H,1-2H3. The Morgan fingerprint density at radius 1 is 1.15 bits per heavy atom. The highest BCUT2D eigenvalue weighted by Crippen LogP contribution is 2.18. The van der Waals surface area contributed by atoms with E-state index < -0.39 is 8.25 Å². The number of hydrogen-bond donors (Lipinski definition) is 1. The fourth-order valence-electron chi connectivity index (χ4n) is 0.511. The molecule has 0 spiro atoms. The number of hydrogen-bond acceptors (Lipinski definition) is 4. The Labute approximate surface area is 78.1 Å². The number of benzene rings is 1. The maximum absolute atomic E-state index is 9.92. The molecular weight excluding hydrogens is 191 g/mol. The van der Waals surface area contributed by atoms with Gasteiger partial charge in [-0.25, -0.2) is 0 Å². The van der Waals surface area contributed by atoms with Crippen LogP contribution in [-0.2, 0) is 13.6 Å². The summed E-state index contributed by atoms with van der Waals surface area (Å²) in [5.74, 6) is 0.322. The van der Waals surface area contributed by atoms with E-state index in [-0.39, 0.29) is 0 Å². The first-order valence-electron chi connectivity index (χ1n) is 3.56. The zero-order valence-electron chi connectivity index (χ0n) is 7.56. The van der Waals surface area contributed by atoms with E-state index in [1.807, 2.05) is 6.07 Å². The molecule has 0 bridgehead atoms. The van der Waals surface area contributed by atoms with Crippen molar-refractivity contribution in [1.29, 1.82) is 0 Å². The molecule has 0 aliphatic heterocycles. The molecular formula is C8H13O4P. The van der Waals surface area contributed by atoms with Gasteiger partial charge in [-0.15, -0.1) is 0 Å². The molecule has 0 saturated heterocycles. The normalized spacial score (nSPS) is 9.15. The van der Waals surface area contributed by atoms with Gasteiger partial charge in [-0.2, -0.15) is 0 Å². The Morgan fingerprint density at radius 2 is 1.62 bits per heavy atom. The maximum atomic E-state index is 9.92. The van der Waals surface area contributed by atoms with Gasteiger partial charge in [0.15, 0.2) is 0 Å². The SMILES string of the molecule is CO[PH](=O)OC.Oc1ccccc1. The van der Waals surface area contributed by atoms with Crippen molar-refractivity contribution in [3.8, 4) is 5.75 Å². The Balaban J connectivity index is 0.000000226. The molecule has 1 rings (SSSR count). The average Bonchev–Trinajstić information content (AvgIpc) is 2.19. The van der Waals surface area contributed by atoms with Crippen molar-refractivity contribution in [2.24, 2.45) is 0 Å². The van der Waals surface area contributed by atoms with Crippen LogP contribution in [0.4, 0.5) is 0 Å². The summed E-state index contributed by atoms with van der Waals surface area (Å²) in [4.78, 5) is 0. The fourth-order valence-corrected chi connectivity index (χ4v) is 0.678. The molecule has 5 heteroatoms. The molecule has 0 unspecified atom stereocenters. The minimum atomic E-state index is -2.12. The second-order valence-corrected chi connectivity index (χ2v) is 3.31. The lowest BCUT2D eigenvalue weighted by molar-refractivity contribution is 0.302. The third kappa shape index (κ3) is 7.53. The van der Waals surface area contributed by atoms with E-state index in [1.165, 1.54) is 14.2 Å². The van der Waals surface area contributed by atoms with Gasteiger partial charge < -0.3 is 14.2 Å². The fraction of sp³-hybridized carbons (Fsp3) is 0.250. The lowest BCUT2D eigenvalue weighted by Crippen LogP contribution is -1.66. The van der Waals surface area contributed by atoms with E-state index in [0.29, 0.717) is 5.75 Å². The average molecular weight is 204 g/mol. The van der Waals surface area contributed by atoms with Crippen LogP contribution in [0.3, 0.4) is 0 Å². The minimum Gasteiger partial charge on any atom is -0.508 e. The molecule has 0 aliphatic rings. The quantitative estimate of drug-likeness (QED) is 0.749. The molecule has 1 aromatic carbocycles. The molecule has 0 atom stereocenters. The molecule has 0 heterocycles.